The summed E-state index contributed by atoms with van der Waals surface area (Å²) in [4.78, 5) is 0. The van der Waals surface area contributed by atoms with E-state index in [-0.39, 0.29) is 0 Å². The first-order chi connectivity index (χ1) is 9.97. The molecule has 0 amide bonds. The third-order valence-corrected chi connectivity index (χ3v) is 3.72. The van der Waals surface area contributed by atoms with Crippen LogP contribution in [0.15, 0.2) is 52.0 Å². The summed E-state index contributed by atoms with van der Waals surface area (Å²) >= 11 is 1.72. The van der Waals surface area contributed by atoms with Crippen molar-refractivity contribution in [3.63, 3.8) is 0 Å². The third kappa shape index (κ3) is 5.55. The van der Waals surface area contributed by atoms with Gasteiger partial charge in [0.25, 0.3) is 0 Å². The Kier molecular flexibility index (Phi) is 7.53. The Morgan fingerprint density at radius 1 is 0.810 bits per heavy atom. The molecule has 0 unspecified atom stereocenters. The standard InChI is InChI=1S/C12H18O.C6H5N.Mo/c1-8(2)10-6-5-7-11(9(3)4)12(10)13;7-6-4-2-1-3-5-6;/h5-9,13H,1-4H3;1-5H;. The van der Waals surface area contributed by atoms with Crippen LogP contribution < -0.4 is 0 Å². The molecule has 0 spiro atoms. The minimum atomic E-state index is 0.388. The Bertz CT molecular complexity index is 538. The molecular weight excluding hydrogens is 342 g/mol. The summed E-state index contributed by atoms with van der Waals surface area (Å²) in [5.41, 5.74) is 3.13. The van der Waals surface area contributed by atoms with E-state index in [0.29, 0.717) is 17.6 Å². The van der Waals surface area contributed by atoms with Gasteiger partial charge in [-0.25, -0.2) is 0 Å². The summed E-state index contributed by atoms with van der Waals surface area (Å²) in [6.07, 6.45) is 0. The monoisotopic (exact) mass is 367 g/mol. The van der Waals surface area contributed by atoms with Crippen LogP contribution in [-0.2, 0) is 19.6 Å². The van der Waals surface area contributed by atoms with E-state index >= 15 is 0 Å². The maximum atomic E-state index is 9.93. The van der Waals surface area contributed by atoms with Gasteiger partial charge < -0.3 is 5.11 Å². The van der Waals surface area contributed by atoms with Gasteiger partial charge in [-0.05, 0) is 23.0 Å². The number of rotatable bonds is 3. The molecule has 0 bridgehead atoms. The molecule has 0 aliphatic heterocycles. The first-order valence-corrected chi connectivity index (χ1v) is 8.07. The van der Waals surface area contributed by atoms with Gasteiger partial charge in [-0.2, -0.15) is 0 Å². The second kappa shape index (κ2) is 8.89. The number of phenols is 1. The van der Waals surface area contributed by atoms with Crippen LogP contribution in [0.4, 0.5) is 5.69 Å². The van der Waals surface area contributed by atoms with E-state index in [4.69, 9.17) is 0 Å². The van der Waals surface area contributed by atoms with E-state index in [1.165, 1.54) is 0 Å². The van der Waals surface area contributed by atoms with Crippen molar-refractivity contribution in [1.82, 2.24) is 0 Å². The molecular formula is C18H23MoNO. The van der Waals surface area contributed by atoms with Gasteiger partial charge in [0.15, 0.2) is 0 Å². The molecule has 0 fully saturated rings. The SMILES string of the molecule is CC(C)c1cccc(C(C)C)c1O.[Mo]=[N]c1ccccc1. The first-order valence-electron chi connectivity index (χ1n) is 7.17. The molecule has 2 nitrogen and oxygen atoms in total. The summed E-state index contributed by atoms with van der Waals surface area (Å²) in [6.45, 7) is 8.39. The molecule has 112 valence electrons. The van der Waals surface area contributed by atoms with E-state index < -0.39 is 0 Å². The quantitative estimate of drug-likeness (QED) is 0.697. The van der Waals surface area contributed by atoms with Gasteiger partial charge in [-0.3, -0.25) is 0 Å². The maximum absolute atomic E-state index is 9.93. The molecule has 0 saturated heterocycles. The van der Waals surface area contributed by atoms with E-state index in [9.17, 15) is 5.11 Å². The van der Waals surface area contributed by atoms with E-state index in [2.05, 4.69) is 31.2 Å². The summed E-state index contributed by atoms with van der Waals surface area (Å²) in [7, 11) is 0. The van der Waals surface area contributed by atoms with Crippen LogP contribution in [0, 0.1) is 0 Å². The molecule has 2 aromatic rings. The number of benzene rings is 2. The van der Waals surface area contributed by atoms with Crippen molar-refractivity contribution in [2.45, 2.75) is 39.5 Å². The Morgan fingerprint density at radius 3 is 1.62 bits per heavy atom. The second-order valence-corrected chi connectivity index (χ2v) is 5.97. The summed E-state index contributed by atoms with van der Waals surface area (Å²) in [6, 6.07) is 15.9. The fourth-order valence-electron chi connectivity index (χ4n) is 2.00. The molecule has 0 aliphatic carbocycles. The van der Waals surface area contributed by atoms with E-state index in [1.807, 2.05) is 48.5 Å². The van der Waals surface area contributed by atoms with Crippen molar-refractivity contribution in [2.24, 2.45) is 3.50 Å². The zero-order chi connectivity index (χ0) is 15.8. The Morgan fingerprint density at radius 2 is 1.29 bits per heavy atom. The van der Waals surface area contributed by atoms with Gasteiger partial charge in [-0.15, -0.1) is 0 Å². The molecule has 0 aromatic heterocycles. The van der Waals surface area contributed by atoms with Crippen LogP contribution in [0.1, 0.15) is 50.7 Å². The molecule has 0 radical (unpaired) electrons. The van der Waals surface area contributed by atoms with Crippen molar-refractivity contribution in [3.05, 3.63) is 59.7 Å². The third-order valence-electron chi connectivity index (χ3n) is 3.20. The average Bonchev–Trinajstić information content (AvgIpc) is 2.48. The van der Waals surface area contributed by atoms with Gasteiger partial charge in [0.05, 0.1) is 0 Å². The topological polar surface area (TPSA) is 32.6 Å². The molecule has 0 heterocycles. The van der Waals surface area contributed by atoms with Crippen LogP contribution in [0.2, 0.25) is 0 Å². The first kappa shape index (κ1) is 17.8. The van der Waals surface area contributed by atoms with E-state index in [1.54, 1.807) is 19.6 Å². The van der Waals surface area contributed by atoms with Crippen molar-refractivity contribution in [3.8, 4) is 5.75 Å². The van der Waals surface area contributed by atoms with Gasteiger partial charge in [0.1, 0.15) is 5.75 Å². The number of para-hydroxylation sites is 1. The molecule has 3 heteroatoms. The van der Waals surface area contributed by atoms with Gasteiger partial charge in [0.2, 0.25) is 0 Å². The summed E-state index contributed by atoms with van der Waals surface area (Å²) in [5.74, 6) is 1.25. The number of hydrogen-bond donors (Lipinski definition) is 1. The second-order valence-electron chi connectivity index (χ2n) is 5.52. The number of nitrogens with zero attached hydrogens (tertiary/aromatic N) is 1. The fourth-order valence-corrected chi connectivity index (χ4v) is 2.30. The predicted octanol–water partition coefficient (Wildman–Crippen LogP) is 5.69. The van der Waals surface area contributed by atoms with Gasteiger partial charge in [0, 0.05) is 0 Å². The number of phenolic OH excluding ortho intramolecular Hbond substituents is 1. The summed E-state index contributed by atoms with van der Waals surface area (Å²) < 4.78 is 3.98. The van der Waals surface area contributed by atoms with Gasteiger partial charge >= 0.3 is 59.1 Å². The fraction of sp³-hybridized carbons (Fsp3) is 0.333. The molecule has 0 aliphatic rings. The van der Waals surface area contributed by atoms with Crippen molar-refractivity contribution in [1.29, 1.82) is 0 Å². The van der Waals surface area contributed by atoms with Crippen LogP contribution in [0.5, 0.6) is 5.75 Å². The van der Waals surface area contributed by atoms with E-state index in [0.717, 1.165) is 16.8 Å². The summed E-state index contributed by atoms with van der Waals surface area (Å²) in [5, 5.41) is 9.93. The van der Waals surface area contributed by atoms with Crippen molar-refractivity contribution < 1.29 is 24.7 Å². The van der Waals surface area contributed by atoms with Crippen molar-refractivity contribution >= 4 is 5.69 Å². The number of hydrogen-bond acceptors (Lipinski definition) is 2. The Hall–Kier alpha value is -1.27. The van der Waals surface area contributed by atoms with Crippen LogP contribution >= 0.6 is 0 Å². The van der Waals surface area contributed by atoms with Gasteiger partial charge in [-0.1, -0.05) is 45.9 Å². The Balaban J connectivity index is 0.000000235. The van der Waals surface area contributed by atoms with Crippen LogP contribution in [0.3, 0.4) is 0 Å². The van der Waals surface area contributed by atoms with Crippen LogP contribution in [0.25, 0.3) is 0 Å². The molecule has 2 aromatic carbocycles. The van der Waals surface area contributed by atoms with Crippen LogP contribution in [-0.4, -0.2) is 5.11 Å². The minimum absolute atomic E-state index is 0.388. The predicted molar refractivity (Wildman–Crippen MR) is 84.8 cm³/mol. The molecule has 2 rings (SSSR count). The molecule has 0 atom stereocenters. The average molecular weight is 365 g/mol. The normalized spacial score (nSPS) is 10.2. The molecule has 0 saturated carbocycles. The van der Waals surface area contributed by atoms with Crippen molar-refractivity contribution in [2.75, 3.05) is 0 Å². The zero-order valence-corrected chi connectivity index (χ0v) is 15.1. The Labute approximate surface area is 139 Å². The molecule has 21 heavy (non-hydrogen) atoms. The molecule has 1 N–H and O–H groups in total. The zero-order valence-electron chi connectivity index (χ0n) is 13.1. The number of aromatic hydroxyl groups is 1.